The molecule has 1 spiro atoms. The Kier molecular flexibility index (Phi) is 5.76. The molecule has 0 unspecified atom stereocenters. The summed E-state index contributed by atoms with van der Waals surface area (Å²) in [4.78, 5) is 48.5. The largest absolute Gasteiger partial charge is 0.486 e. The van der Waals surface area contributed by atoms with Crippen LogP contribution in [0.15, 0.2) is 18.2 Å². The van der Waals surface area contributed by atoms with Crippen molar-refractivity contribution in [2.75, 3.05) is 19.7 Å². The van der Waals surface area contributed by atoms with E-state index in [1.807, 2.05) is 0 Å². The predicted octanol–water partition coefficient (Wildman–Crippen LogP) is 1.00. The third-order valence-corrected chi connectivity index (χ3v) is 5.30. The quantitative estimate of drug-likeness (QED) is 0.751. The van der Waals surface area contributed by atoms with E-state index in [-0.39, 0.29) is 24.7 Å². The Labute approximate surface area is 168 Å². The first-order valence-corrected chi connectivity index (χ1v) is 9.46. The number of carbonyl (C=O) groups excluding carboxylic acids is 3. The maximum atomic E-state index is 12.6. The van der Waals surface area contributed by atoms with Crippen molar-refractivity contribution in [1.82, 2.24) is 10.2 Å². The van der Waals surface area contributed by atoms with Gasteiger partial charge in [0.15, 0.2) is 12.4 Å². The summed E-state index contributed by atoms with van der Waals surface area (Å²) in [6, 6.07) is 3.72. The molecule has 0 saturated carbocycles. The van der Waals surface area contributed by atoms with Gasteiger partial charge in [-0.05, 0) is 19.1 Å². The smallest absolute Gasteiger partial charge is 0.325 e. The number of carboxylic acids is 1. The number of likely N-dealkylation sites (tertiary alicyclic amines) is 1. The summed E-state index contributed by atoms with van der Waals surface area (Å²) >= 11 is 0. The van der Waals surface area contributed by atoms with Crippen molar-refractivity contribution in [3.05, 3.63) is 23.8 Å². The molecule has 2 aliphatic rings. The van der Waals surface area contributed by atoms with E-state index in [0.29, 0.717) is 43.0 Å². The molecular formula is C20H24N2O7. The number of fused-ring (bicyclic) bond motifs is 1. The van der Waals surface area contributed by atoms with Crippen LogP contribution in [0.4, 0.5) is 0 Å². The zero-order valence-electron chi connectivity index (χ0n) is 16.4. The van der Waals surface area contributed by atoms with Gasteiger partial charge in [0.2, 0.25) is 5.91 Å². The van der Waals surface area contributed by atoms with E-state index < -0.39 is 23.5 Å². The molecule has 1 aromatic rings. The lowest BCUT2D eigenvalue weighted by Gasteiger charge is -2.43. The molecule has 2 heterocycles. The lowest BCUT2D eigenvalue weighted by molar-refractivity contribution is -0.141. The molecule has 3 rings (SSSR count). The van der Waals surface area contributed by atoms with E-state index in [4.69, 9.17) is 14.6 Å². The van der Waals surface area contributed by atoms with Crippen molar-refractivity contribution in [1.29, 1.82) is 0 Å². The number of rotatable bonds is 5. The monoisotopic (exact) mass is 404 g/mol. The highest BCUT2D eigenvalue weighted by atomic mass is 16.5. The molecule has 1 saturated heterocycles. The van der Waals surface area contributed by atoms with Crippen LogP contribution in [0, 0.1) is 0 Å². The number of Topliss-reactive ketones (excluding diaryl/α,β-unsaturated/α-hetero) is 1. The summed E-state index contributed by atoms with van der Waals surface area (Å²) in [6.07, 6.45) is 1.40. The van der Waals surface area contributed by atoms with Crippen molar-refractivity contribution >= 4 is 23.6 Å². The van der Waals surface area contributed by atoms with Crippen LogP contribution in [0.25, 0.3) is 0 Å². The third-order valence-electron chi connectivity index (χ3n) is 5.30. The predicted molar refractivity (Wildman–Crippen MR) is 101 cm³/mol. The van der Waals surface area contributed by atoms with Crippen molar-refractivity contribution < 1.29 is 33.8 Å². The average molecular weight is 404 g/mol. The molecule has 2 aliphatic heterocycles. The highest BCUT2D eigenvalue weighted by Gasteiger charge is 2.43. The number of piperidine rings is 1. The molecule has 2 N–H and O–H groups in total. The Bertz CT molecular complexity index is 843. The second-order valence-corrected chi connectivity index (χ2v) is 7.47. The highest BCUT2D eigenvalue weighted by Crippen LogP contribution is 2.40. The van der Waals surface area contributed by atoms with Crippen LogP contribution in [-0.2, 0) is 14.4 Å². The van der Waals surface area contributed by atoms with E-state index in [0.717, 1.165) is 0 Å². The summed E-state index contributed by atoms with van der Waals surface area (Å²) in [5.74, 6) is -0.985. The number of carbonyl (C=O) groups is 4. The molecule has 1 aromatic carbocycles. The number of carboxylic acid groups (broad SMARTS) is 1. The standard InChI is InChI=1S/C20H24N2O7/c1-12(19(26)27)21-18(25)11-28-14-3-4-15-16(24)10-20(29-17(15)9-14)5-7-22(8-6-20)13(2)23/h3-4,9,12H,5-8,10-11H2,1-2H3,(H,21,25)(H,26,27)/t12-/m0/s1. The second kappa shape index (κ2) is 8.10. The molecule has 0 aromatic heterocycles. The molecule has 1 atom stereocenters. The van der Waals surface area contributed by atoms with Crippen LogP contribution in [0.2, 0.25) is 0 Å². The fraction of sp³-hybridized carbons (Fsp3) is 0.500. The second-order valence-electron chi connectivity index (χ2n) is 7.47. The van der Waals surface area contributed by atoms with Gasteiger partial charge in [0.1, 0.15) is 23.1 Å². The molecule has 0 bridgehead atoms. The van der Waals surface area contributed by atoms with Gasteiger partial charge < -0.3 is 24.8 Å². The van der Waals surface area contributed by atoms with Gasteiger partial charge in [0.05, 0.1) is 12.0 Å². The number of benzene rings is 1. The van der Waals surface area contributed by atoms with Gasteiger partial charge >= 0.3 is 5.97 Å². The number of ketones is 1. The van der Waals surface area contributed by atoms with Crippen molar-refractivity contribution in [2.24, 2.45) is 0 Å². The molecule has 9 nitrogen and oxygen atoms in total. The zero-order valence-corrected chi connectivity index (χ0v) is 16.4. The van der Waals surface area contributed by atoms with Crippen LogP contribution in [0.5, 0.6) is 11.5 Å². The number of nitrogens with zero attached hydrogens (tertiary/aromatic N) is 1. The van der Waals surface area contributed by atoms with Crippen LogP contribution in [0.3, 0.4) is 0 Å². The number of aliphatic carboxylic acids is 1. The number of ether oxygens (including phenoxy) is 2. The Morgan fingerprint density at radius 2 is 2.00 bits per heavy atom. The maximum absolute atomic E-state index is 12.6. The number of amides is 2. The molecule has 0 aliphatic carbocycles. The molecule has 156 valence electrons. The summed E-state index contributed by atoms with van der Waals surface area (Å²) in [7, 11) is 0. The average Bonchev–Trinajstić information content (AvgIpc) is 2.66. The van der Waals surface area contributed by atoms with Gasteiger partial charge in [-0.3, -0.25) is 19.2 Å². The Morgan fingerprint density at radius 1 is 1.31 bits per heavy atom. The third kappa shape index (κ3) is 4.67. The van der Waals surface area contributed by atoms with Crippen molar-refractivity contribution in [3.63, 3.8) is 0 Å². The topological polar surface area (TPSA) is 122 Å². The number of hydrogen-bond donors (Lipinski definition) is 2. The SMILES string of the molecule is CC(=O)N1CCC2(CC1)CC(=O)c1ccc(OCC(=O)N[C@@H](C)C(=O)O)cc1O2. The first kappa shape index (κ1) is 20.6. The highest BCUT2D eigenvalue weighted by molar-refractivity contribution is 6.00. The number of hydrogen-bond acceptors (Lipinski definition) is 6. The Balaban J connectivity index is 1.66. The van der Waals surface area contributed by atoms with Crippen LogP contribution < -0.4 is 14.8 Å². The van der Waals surface area contributed by atoms with E-state index in [1.165, 1.54) is 13.8 Å². The maximum Gasteiger partial charge on any atom is 0.325 e. The summed E-state index contributed by atoms with van der Waals surface area (Å²) in [5.41, 5.74) is -0.177. The Morgan fingerprint density at radius 3 is 2.62 bits per heavy atom. The van der Waals surface area contributed by atoms with E-state index in [9.17, 15) is 19.2 Å². The van der Waals surface area contributed by atoms with Gasteiger partial charge in [-0.25, -0.2) is 0 Å². The van der Waals surface area contributed by atoms with Crippen molar-refractivity contribution in [2.45, 2.75) is 44.8 Å². The van der Waals surface area contributed by atoms with E-state index in [2.05, 4.69) is 5.32 Å². The van der Waals surface area contributed by atoms with Gasteiger partial charge in [-0.15, -0.1) is 0 Å². The van der Waals surface area contributed by atoms with Gasteiger partial charge in [0.25, 0.3) is 5.91 Å². The molecule has 1 fully saturated rings. The zero-order chi connectivity index (χ0) is 21.2. The first-order chi connectivity index (χ1) is 13.7. The van der Waals surface area contributed by atoms with Crippen LogP contribution >= 0.6 is 0 Å². The van der Waals surface area contributed by atoms with Gasteiger partial charge in [0, 0.05) is 38.9 Å². The lowest BCUT2D eigenvalue weighted by Crippen LogP contribution is -2.51. The molecule has 0 radical (unpaired) electrons. The van der Waals surface area contributed by atoms with E-state index >= 15 is 0 Å². The fourth-order valence-electron chi connectivity index (χ4n) is 3.57. The molecule has 2 amide bonds. The Hall–Kier alpha value is -3.10. The van der Waals surface area contributed by atoms with Crippen LogP contribution in [0.1, 0.15) is 43.5 Å². The number of nitrogens with one attached hydrogen (secondary N) is 1. The minimum Gasteiger partial charge on any atom is -0.486 e. The summed E-state index contributed by atoms with van der Waals surface area (Å²) < 4.78 is 11.6. The van der Waals surface area contributed by atoms with Crippen LogP contribution in [-0.4, -0.2) is 64.9 Å². The molecule has 29 heavy (non-hydrogen) atoms. The van der Waals surface area contributed by atoms with E-state index in [1.54, 1.807) is 23.1 Å². The fourth-order valence-corrected chi connectivity index (χ4v) is 3.57. The van der Waals surface area contributed by atoms with Crippen molar-refractivity contribution in [3.8, 4) is 11.5 Å². The summed E-state index contributed by atoms with van der Waals surface area (Å²) in [6.45, 7) is 3.60. The minimum absolute atomic E-state index is 0.00793. The molecule has 9 heteroatoms. The van der Waals surface area contributed by atoms with Gasteiger partial charge in [-0.1, -0.05) is 0 Å². The normalized spacial score (nSPS) is 18.4. The first-order valence-electron chi connectivity index (χ1n) is 9.46. The van der Waals surface area contributed by atoms with Gasteiger partial charge in [-0.2, -0.15) is 0 Å². The summed E-state index contributed by atoms with van der Waals surface area (Å²) in [5, 5.41) is 11.1. The molecular weight excluding hydrogens is 380 g/mol. The minimum atomic E-state index is -1.14. The lowest BCUT2D eigenvalue weighted by atomic mass is 9.82.